The molecule has 1 N–H and O–H groups in total. The molecule has 1 unspecified atom stereocenters. The molecule has 1 aliphatic rings. The molecule has 1 aliphatic heterocycles. The monoisotopic (exact) mass is 648 g/mol. The number of rotatable bonds is 12. The number of allylic oxidation sites excluding steroid dienone is 6. The van der Waals surface area contributed by atoms with Crippen molar-refractivity contribution in [1.29, 1.82) is 0 Å². The highest BCUT2D eigenvalue weighted by atomic mass is 35.5. The lowest BCUT2D eigenvalue weighted by Crippen LogP contribution is -2.35. The van der Waals surface area contributed by atoms with E-state index in [0.717, 1.165) is 42.1 Å². The van der Waals surface area contributed by atoms with Crippen LogP contribution in [0.4, 0.5) is 11.4 Å². The van der Waals surface area contributed by atoms with Gasteiger partial charge in [-0.1, -0.05) is 134 Å². The molecular weight excluding hydrogens is 604 g/mol. The van der Waals surface area contributed by atoms with Crippen molar-refractivity contribution in [2.45, 2.75) is 43.9 Å². The van der Waals surface area contributed by atoms with Gasteiger partial charge >= 0.3 is 0 Å². The molecule has 0 aliphatic carbocycles. The largest absolute Gasteiger partial charge is 0.388 e. The first-order valence-corrected chi connectivity index (χ1v) is 17.3. The molecule has 0 saturated carbocycles. The van der Waals surface area contributed by atoms with E-state index in [-0.39, 0.29) is 10.8 Å². The van der Waals surface area contributed by atoms with Gasteiger partial charge < -0.3 is 10.2 Å². The van der Waals surface area contributed by atoms with Crippen molar-refractivity contribution in [1.82, 2.24) is 0 Å². The zero-order chi connectivity index (χ0) is 33.7. The molecule has 0 saturated heterocycles. The normalized spacial score (nSPS) is 15.8. The highest BCUT2D eigenvalue weighted by molar-refractivity contribution is 6.30. The number of nitrogens with one attached hydrogen (secondary N) is 1. The third kappa shape index (κ3) is 6.14. The number of fused-ring (bicyclic) bond motifs is 2. The Hall–Kier alpha value is -4.79. The summed E-state index contributed by atoms with van der Waals surface area (Å²) < 4.78 is 0. The molecule has 242 valence electrons. The fraction of sp³-hybridized carbons (Fsp3) is 0.200. The second kappa shape index (κ2) is 14.1. The van der Waals surface area contributed by atoms with Gasteiger partial charge in [0, 0.05) is 46.5 Å². The molecule has 5 aromatic carbocycles. The van der Waals surface area contributed by atoms with E-state index in [0.29, 0.717) is 0 Å². The molecule has 0 amide bonds. The first-order valence-electron chi connectivity index (χ1n) is 16.9. The minimum absolute atomic E-state index is 0.329. The molecular formula is C45H45ClN2. The molecule has 1 heterocycles. The zero-order valence-electron chi connectivity index (χ0n) is 28.3. The van der Waals surface area contributed by atoms with E-state index >= 15 is 0 Å². The lowest BCUT2D eigenvalue weighted by atomic mass is 9.70. The van der Waals surface area contributed by atoms with Gasteiger partial charge in [0.15, 0.2) is 0 Å². The summed E-state index contributed by atoms with van der Waals surface area (Å²) in [6.45, 7) is 14.2. The summed E-state index contributed by atoms with van der Waals surface area (Å²) in [4.78, 5) is 2.47. The fourth-order valence-electron chi connectivity index (χ4n) is 7.76. The maximum absolute atomic E-state index is 6.77. The van der Waals surface area contributed by atoms with Gasteiger partial charge in [-0.05, 0) is 95.1 Å². The van der Waals surface area contributed by atoms with Crippen molar-refractivity contribution in [3.63, 3.8) is 0 Å². The molecule has 0 spiro atoms. The van der Waals surface area contributed by atoms with Crippen molar-refractivity contribution in [2.75, 3.05) is 23.8 Å². The number of anilines is 2. The number of hydrogen-bond donors (Lipinski definition) is 1. The Morgan fingerprint density at radius 1 is 0.875 bits per heavy atom. The van der Waals surface area contributed by atoms with Crippen LogP contribution < -0.4 is 10.2 Å². The standard InChI is InChI=1S/C45H45ClN2/c1-6-29-44(4,43-38-23-15-14-22-36(38)25-27-40(43)47-5)33(3)17-16-24-42-45(31-34-18-10-8-11-19-34,32-35-20-12-9-13-21-35)39-30-37(46)26-28-41(39)48(42)7-2/h6,8-28,30,47H,1,3,7,29,31-32H2,2,4-5H3/b17-16+,42-24+. The van der Waals surface area contributed by atoms with Crippen molar-refractivity contribution >= 4 is 33.7 Å². The summed E-state index contributed by atoms with van der Waals surface area (Å²) in [5, 5.41) is 6.67. The Morgan fingerprint density at radius 2 is 1.52 bits per heavy atom. The first kappa shape index (κ1) is 33.1. The number of hydrogen-bond acceptors (Lipinski definition) is 2. The SMILES string of the molecule is C=CCC(C)(C(=C)/C=C/C=C1/N(CC)c2ccc(Cl)cc2C1(Cc1ccccc1)Cc1ccccc1)c1c(NC)ccc2ccccc12. The molecule has 3 heteroatoms. The number of nitrogens with zero attached hydrogens (tertiary/aromatic N) is 1. The Kier molecular flexibility index (Phi) is 9.76. The summed E-state index contributed by atoms with van der Waals surface area (Å²) in [5.74, 6) is 0. The molecule has 0 radical (unpaired) electrons. The topological polar surface area (TPSA) is 15.3 Å². The van der Waals surface area contributed by atoms with Crippen LogP contribution in [-0.4, -0.2) is 13.6 Å². The first-order chi connectivity index (χ1) is 23.3. The lowest BCUT2D eigenvalue weighted by molar-refractivity contribution is 0.504. The number of likely N-dealkylation sites (N-methyl/N-ethyl adjacent to an activating group) is 1. The maximum atomic E-state index is 6.77. The van der Waals surface area contributed by atoms with E-state index in [9.17, 15) is 0 Å². The van der Waals surface area contributed by atoms with Gasteiger partial charge in [0.1, 0.15) is 0 Å². The number of benzene rings is 5. The minimum atomic E-state index is -0.377. The summed E-state index contributed by atoms with van der Waals surface area (Å²) in [7, 11) is 1.99. The van der Waals surface area contributed by atoms with Crippen LogP contribution in [0.1, 0.15) is 42.5 Å². The molecule has 0 aromatic heterocycles. The van der Waals surface area contributed by atoms with Gasteiger partial charge in [-0.15, -0.1) is 6.58 Å². The smallest absolute Gasteiger partial charge is 0.0457 e. The van der Waals surface area contributed by atoms with E-state index < -0.39 is 0 Å². The highest BCUT2D eigenvalue weighted by Gasteiger charge is 2.46. The van der Waals surface area contributed by atoms with Gasteiger partial charge in [0.05, 0.1) is 0 Å². The lowest BCUT2D eigenvalue weighted by Gasteiger charge is -2.35. The second-order valence-electron chi connectivity index (χ2n) is 13.0. The fourth-order valence-corrected chi connectivity index (χ4v) is 7.93. The summed E-state index contributed by atoms with van der Waals surface area (Å²) >= 11 is 6.77. The summed E-state index contributed by atoms with van der Waals surface area (Å²) in [6.07, 6.45) is 11.2. The highest BCUT2D eigenvalue weighted by Crippen LogP contribution is 2.52. The predicted molar refractivity (Wildman–Crippen MR) is 208 cm³/mol. The van der Waals surface area contributed by atoms with Gasteiger partial charge in [-0.2, -0.15) is 0 Å². The minimum Gasteiger partial charge on any atom is -0.388 e. The van der Waals surface area contributed by atoms with Crippen LogP contribution >= 0.6 is 11.6 Å². The second-order valence-corrected chi connectivity index (χ2v) is 13.5. The third-order valence-corrected chi connectivity index (χ3v) is 10.4. The molecule has 5 aromatic rings. The van der Waals surface area contributed by atoms with Crippen LogP contribution in [0.5, 0.6) is 0 Å². The molecule has 48 heavy (non-hydrogen) atoms. The van der Waals surface area contributed by atoms with Crippen molar-refractivity contribution in [3.8, 4) is 0 Å². The molecule has 2 nitrogen and oxygen atoms in total. The maximum Gasteiger partial charge on any atom is 0.0457 e. The van der Waals surface area contributed by atoms with E-state index in [4.69, 9.17) is 18.2 Å². The van der Waals surface area contributed by atoms with Crippen LogP contribution in [0.3, 0.4) is 0 Å². The van der Waals surface area contributed by atoms with Gasteiger partial charge in [0.2, 0.25) is 0 Å². The van der Waals surface area contributed by atoms with Gasteiger partial charge in [-0.3, -0.25) is 0 Å². The Morgan fingerprint density at radius 3 is 2.15 bits per heavy atom. The molecule has 6 rings (SSSR count). The van der Waals surface area contributed by atoms with Gasteiger partial charge in [-0.25, -0.2) is 0 Å². The van der Waals surface area contributed by atoms with Gasteiger partial charge in [0.25, 0.3) is 0 Å². The summed E-state index contributed by atoms with van der Waals surface area (Å²) in [6, 6.07) is 41.1. The zero-order valence-corrected chi connectivity index (χ0v) is 29.1. The quantitative estimate of drug-likeness (QED) is 0.107. The van der Waals surface area contributed by atoms with Crippen LogP contribution in [0.15, 0.2) is 164 Å². The predicted octanol–water partition coefficient (Wildman–Crippen LogP) is 11.6. The van der Waals surface area contributed by atoms with Crippen molar-refractivity contribution < 1.29 is 0 Å². The Balaban J connectivity index is 1.50. The van der Waals surface area contributed by atoms with Crippen molar-refractivity contribution in [2.24, 2.45) is 0 Å². The van der Waals surface area contributed by atoms with Crippen LogP contribution in [0.25, 0.3) is 10.8 Å². The Bertz CT molecular complexity index is 1950. The summed E-state index contributed by atoms with van der Waals surface area (Å²) in [5.41, 5.74) is 9.03. The average molecular weight is 649 g/mol. The van der Waals surface area contributed by atoms with E-state index in [2.05, 4.69) is 158 Å². The van der Waals surface area contributed by atoms with Crippen molar-refractivity contribution in [3.05, 3.63) is 191 Å². The van der Waals surface area contributed by atoms with Crippen LogP contribution in [0.2, 0.25) is 5.02 Å². The van der Waals surface area contributed by atoms with E-state index in [1.54, 1.807) is 0 Å². The Labute approximate surface area is 291 Å². The third-order valence-electron chi connectivity index (χ3n) is 10.1. The van der Waals surface area contributed by atoms with E-state index in [1.807, 2.05) is 19.2 Å². The average Bonchev–Trinajstić information content (AvgIpc) is 3.35. The van der Waals surface area contributed by atoms with Crippen LogP contribution in [0, 0.1) is 0 Å². The molecule has 1 atom stereocenters. The molecule has 0 fully saturated rings. The number of halogens is 1. The van der Waals surface area contributed by atoms with E-state index in [1.165, 1.54) is 44.4 Å². The van der Waals surface area contributed by atoms with Crippen LogP contribution in [-0.2, 0) is 23.7 Å². The molecule has 0 bridgehead atoms.